The number of amidine groups is 1. The van der Waals surface area contributed by atoms with Crippen molar-refractivity contribution in [1.82, 2.24) is 4.90 Å². The van der Waals surface area contributed by atoms with E-state index >= 15 is 0 Å². The van der Waals surface area contributed by atoms with Crippen molar-refractivity contribution in [2.75, 3.05) is 25.2 Å². The van der Waals surface area contributed by atoms with Gasteiger partial charge in [0.25, 0.3) is 5.91 Å². The van der Waals surface area contributed by atoms with Crippen LogP contribution in [0.25, 0.3) is 0 Å². The first kappa shape index (κ1) is 18.8. The number of hydrogen-bond acceptors (Lipinski definition) is 6. The minimum Gasteiger partial charge on any atom is -0.497 e. The van der Waals surface area contributed by atoms with Crippen molar-refractivity contribution in [3.05, 3.63) is 29.8 Å². The molecule has 0 aromatic heterocycles. The second kappa shape index (κ2) is 7.44. The third kappa shape index (κ3) is 4.00. The van der Waals surface area contributed by atoms with Crippen LogP contribution < -0.4 is 4.74 Å². The van der Waals surface area contributed by atoms with Gasteiger partial charge in [0.05, 0.1) is 24.7 Å². The first-order chi connectivity index (χ1) is 12.9. The zero-order valence-corrected chi connectivity index (χ0v) is 16.7. The lowest BCUT2D eigenvalue weighted by Gasteiger charge is -2.24. The van der Waals surface area contributed by atoms with E-state index in [1.54, 1.807) is 7.11 Å². The van der Waals surface area contributed by atoms with Gasteiger partial charge in [0.2, 0.25) is 0 Å². The molecule has 7 nitrogen and oxygen atoms in total. The summed E-state index contributed by atoms with van der Waals surface area (Å²) in [6.07, 6.45) is 1.09. The first-order valence-corrected chi connectivity index (χ1v) is 11.7. The van der Waals surface area contributed by atoms with Crippen molar-refractivity contribution in [3.8, 4) is 5.75 Å². The normalized spacial score (nSPS) is 30.6. The SMILES string of the molecule is COc1cccc(CN2C(=NC(=O)C3CCCO3)S[C@@H]3CS(=O)(=O)C[C@@H]32)c1. The Hall–Kier alpha value is -1.58. The van der Waals surface area contributed by atoms with Gasteiger partial charge in [-0.25, -0.2) is 8.42 Å². The Balaban J connectivity index is 1.60. The number of rotatable bonds is 4. The van der Waals surface area contributed by atoms with E-state index in [0.29, 0.717) is 24.7 Å². The largest absolute Gasteiger partial charge is 0.497 e. The summed E-state index contributed by atoms with van der Waals surface area (Å²) in [5, 5.41) is 0.514. The van der Waals surface area contributed by atoms with E-state index in [2.05, 4.69) is 4.99 Å². The molecule has 0 aliphatic carbocycles. The third-order valence-electron chi connectivity index (χ3n) is 5.07. The van der Waals surface area contributed by atoms with Gasteiger partial charge in [-0.3, -0.25) is 4.79 Å². The predicted octanol–water partition coefficient (Wildman–Crippen LogP) is 1.47. The van der Waals surface area contributed by atoms with Gasteiger partial charge in [-0.05, 0) is 30.5 Å². The van der Waals surface area contributed by atoms with Crippen molar-refractivity contribution < 1.29 is 22.7 Å². The Kier molecular flexibility index (Phi) is 5.17. The number of carbonyl (C=O) groups is 1. The average molecular weight is 411 g/mol. The molecule has 3 heterocycles. The molecule has 1 aromatic carbocycles. The number of benzene rings is 1. The van der Waals surface area contributed by atoms with E-state index in [0.717, 1.165) is 17.7 Å². The van der Waals surface area contributed by atoms with E-state index in [-0.39, 0.29) is 28.7 Å². The second-order valence-electron chi connectivity index (χ2n) is 7.01. The third-order valence-corrected chi connectivity index (χ3v) is 8.32. The van der Waals surface area contributed by atoms with Gasteiger partial charge < -0.3 is 14.4 Å². The summed E-state index contributed by atoms with van der Waals surface area (Å²) in [5.74, 6) is 0.698. The standard InChI is InChI=1S/C18H22N2O5S2/c1-24-13-5-2-4-12(8-13)9-20-14-10-27(22,23)11-16(14)26-18(20)19-17(21)15-6-3-7-25-15/h2,4-5,8,14-16H,3,6-7,9-11H2,1H3/t14-,15?,16+/m0/s1. The number of sulfone groups is 1. The van der Waals surface area contributed by atoms with Crippen LogP contribution in [0.2, 0.25) is 0 Å². The Labute approximate surface area is 163 Å². The second-order valence-corrected chi connectivity index (χ2v) is 10.4. The van der Waals surface area contributed by atoms with E-state index < -0.39 is 15.9 Å². The minimum absolute atomic E-state index is 0.0864. The van der Waals surface area contributed by atoms with E-state index in [4.69, 9.17) is 9.47 Å². The molecule has 0 radical (unpaired) electrons. The summed E-state index contributed by atoms with van der Waals surface area (Å²) >= 11 is 1.40. The van der Waals surface area contributed by atoms with E-state index in [1.165, 1.54) is 11.8 Å². The number of fused-ring (bicyclic) bond motifs is 1. The molecule has 0 saturated carbocycles. The lowest BCUT2D eigenvalue weighted by Crippen LogP contribution is -2.37. The fourth-order valence-corrected chi connectivity index (χ4v) is 7.68. The molecule has 0 spiro atoms. The number of amides is 1. The van der Waals surface area contributed by atoms with Gasteiger partial charge in [0.1, 0.15) is 11.9 Å². The lowest BCUT2D eigenvalue weighted by molar-refractivity contribution is -0.126. The maximum Gasteiger partial charge on any atom is 0.277 e. The summed E-state index contributed by atoms with van der Waals surface area (Å²) < 4.78 is 34.9. The maximum absolute atomic E-state index is 12.5. The molecule has 146 valence electrons. The molecule has 0 bridgehead atoms. The lowest BCUT2D eigenvalue weighted by atomic mass is 10.1. The number of thioether (sulfide) groups is 1. The number of methoxy groups -OCH3 is 1. The van der Waals surface area contributed by atoms with Crippen molar-refractivity contribution >= 4 is 32.7 Å². The summed E-state index contributed by atoms with van der Waals surface area (Å²) in [5.41, 5.74) is 0.983. The molecule has 1 amide bonds. The van der Waals surface area contributed by atoms with E-state index in [9.17, 15) is 13.2 Å². The molecule has 4 rings (SSSR count). The van der Waals surface area contributed by atoms with Gasteiger partial charge in [0.15, 0.2) is 15.0 Å². The number of aliphatic imine (C=N–C) groups is 1. The van der Waals surface area contributed by atoms with Crippen LogP contribution in [0, 0.1) is 0 Å². The Morgan fingerprint density at radius 3 is 3.00 bits per heavy atom. The van der Waals surface area contributed by atoms with Crippen LogP contribution in [0.3, 0.4) is 0 Å². The van der Waals surface area contributed by atoms with Crippen LogP contribution >= 0.6 is 11.8 Å². The highest BCUT2D eigenvalue weighted by atomic mass is 32.2. The summed E-state index contributed by atoms with van der Waals surface area (Å²) in [6.45, 7) is 1.07. The maximum atomic E-state index is 12.5. The molecule has 9 heteroatoms. The summed E-state index contributed by atoms with van der Waals surface area (Å²) in [7, 11) is -1.45. The molecule has 0 N–H and O–H groups in total. The Bertz CT molecular complexity index is 864. The molecule has 3 atom stereocenters. The highest BCUT2D eigenvalue weighted by Crippen LogP contribution is 2.39. The van der Waals surface area contributed by atoms with Crippen LogP contribution in [-0.4, -0.2) is 67.0 Å². The van der Waals surface area contributed by atoms with E-state index in [1.807, 2.05) is 29.2 Å². The topological polar surface area (TPSA) is 85.3 Å². The van der Waals surface area contributed by atoms with Crippen molar-refractivity contribution in [2.24, 2.45) is 4.99 Å². The summed E-state index contributed by atoms with van der Waals surface area (Å²) in [6, 6.07) is 7.47. The molecular weight excluding hydrogens is 388 g/mol. The number of hydrogen-bond donors (Lipinski definition) is 0. The Morgan fingerprint density at radius 2 is 2.26 bits per heavy atom. The number of ether oxygens (including phenoxy) is 2. The molecule has 3 fully saturated rings. The van der Waals surface area contributed by atoms with Gasteiger partial charge in [-0.15, -0.1) is 0 Å². The smallest absolute Gasteiger partial charge is 0.277 e. The number of carbonyl (C=O) groups excluding carboxylic acids is 1. The van der Waals surface area contributed by atoms with Gasteiger partial charge in [-0.2, -0.15) is 4.99 Å². The summed E-state index contributed by atoms with van der Waals surface area (Å²) in [4.78, 5) is 18.7. The van der Waals surface area contributed by atoms with Crippen molar-refractivity contribution in [1.29, 1.82) is 0 Å². The zero-order chi connectivity index (χ0) is 19.0. The first-order valence-electron chi connectivity index (χ1n) is 8.96. The Morgan fingerprint density at radius 1 is 1.41 bits per heavy atom. The predicted molar refractivity (Wildman–Crippen MR) is 104 cm³/mol. The number of nitrogens with zero attached hydrogens (tertiary/aromatic N) is 2. The fraction of sp³-hybridized carbons (Fsp3) is 0.556. The van der Waals surface area contributed by atoms with Crippen LogP contribution in [0.15, 0.2) is 29.3 Å². The van der Waals surface area contributed by atoms with Gasteiger partial charge >= 0.3 is 0 Å². The molecule has 3 aliphatic rings. The van der Waals surface area contributed by atoms with Crippen LogP contribution in [0.1, 0.15) is 18.4 Å². The fourth-order valence-electron chi connectivity index (χ4n) is 3.73. The molecule has 1 aromatic rings. The minimum atomic E-state index is -3.06. The molecular formula is C18H22N2O5S2. The molecule has 3 saturated heterocycles. The highest BCUT2D eigenvalue weighted by molar-refractivity contribution is 8.15. The quantitative estimate of drug-likeness (QED) is 0.743. The monoisotopic (exact) mass is 410 g/mol. The highest BCUT2D eigenvalue weighted by Gasteiger charge is 2.48. The van der Waals surface area contributed by atoms with Crippen molar-refractivity contribution in [2.45, 2.75) is 36.8 Å². The van der Waals surface area contributed by atoms with Crippen molar-refractivity contribution in [3.63, 3.8) is 0 Å². The van der Waals surface area contributed by atoms with Gasteiger partial charge in [-0.1, -0.05) is 23.9 Å². The van der Waals surface area contributed by atoms with Crippen LogP contribution in [0.4, 0.5) is 0 Å². The molecule has 1 unspecified atom stereocenters. The van der Waals surface area contributed by atoms with Crippen LogP contribution in [-0.2, 0) is 25.9 Å². The zero-order valence-electron chi connectivity index (χ0n) is 15.0. The average Bonchev–Trinajstić information content (AvgIpc) is 3.32. The van der Waals surface area contributed by atoms with Crippen LogP contribution in [0.5, 0.6) is 5.75 Å². The van der Waals surface area contributed by atoms with Gasteiger partial charge in [0, 0.05) is 18.4 Å². The molecule has 27 heavy (non-hydrogen) atoms. The molecule has 3 aliphatic heterocycles.